The first-order valence-electron chi connectivity index (χ1n) is 4.31. The van der Waals surface area contributed by atoms with Crippen LogP contribution in [0.3, 0.4) is 0 Å². The third-order valence-corrected chi connectivity index (χ3v) is 2.82. The first kappa shape index (κ1) is 9.01. The molecule has 0 aromatic heterocycles. The highest BCUT2D eigenvalue weighted by atomic mass is 16.5. The Hall–Kier alpha value is -0.0800. The lowest BCUT2D eigenvalue weighted by atomic mass is 9.83. The molecule has 0 N–H and O–H groups in total. The van der Waals surface area contributed by atoms with Gasteiger partial charge in [0, 0.05) is 14.2 Å². The van der Waals surface area contributed by atoms with Gasteiger partial charge in [-0.2, -0.15) is 0 Å². The lowest BCUT2D eigenvalue weighted by molar-refractivity contribution is -0.126. The van der Waals surface area contributed by atoms with E-state index in [0.29, 0.717) is 6.10 Å². The Kier molecular flexibility index (Phi) is 2.90. The smallest absolute Gasteiger partial charge is 0.0911 e. The number of ether oxygens (including phenoxy) is 2. The Morgan fingerprint density at radius 1 is 1.27 bits per heavy atom. The van der Waals surface area contributed by atoms with Crippen molar-refractivity contribution in [3.05, 3.63) is 0 Å². The van der Waals surface area contributed by atoms with Crippen molar-refractivity contribution in [1.82, 2.24) is 0 Å². The molecule has 0 aliphatic heterocycles. The summed E-state index contributed by atoms with van der Waals surface area (Å²) in [6.45, 7) is 2.14. The topological polar surface area (TPSA) is 18.5 Å². The Balaban J connectivity index is 2.57. The van der Waals surface area contributed by atoms with Gasteiger partial charge in [0.15, 0.2) is 0 Å². The van der Waals surface area contributed by atoms with Gasteiger partial charge < -0.3 is 9.47 Å². The zero-order valence-corrected chi connectivity index (χ0v) is 7.72. The van der Waals surface area contributed by atoms with Crippen molar-refractivity contribution >= 4 is 0 Å². The van der Waals surface area contributed by atoms with Gasteiger partial charge in [0.2, 0.25) is 0 Å². The van der Waals surface area contributed by atoms with Gasteiger partial charge in [-0.05, 0) is 19.8 Å². The van der Waals surface area contributed by atoms with E-state index < -0.39 is 0 Å². The van der Waals surface area contributed by atoms with Crippen LogP contribution in [-0.4, -0.2) is 25.9 Å². The van der Waals surface area contributed by atoms with Crippen molar-refractivity contribution in [3.63, 3.8) is 0 Å². The molecule has 2 nitrogen and oxygen atoms in total. The lowest BCUT2D eigenvalue weighted by Crippen LogP contribution is -2.44. The Morgan fingerprint density at radius 2 is 2.00 bits per heavy atom. The second-order valence-electron chi connectivity index (χ2n) is 3.49. The van der Waals surface area contributed by atoms with Crippen LogP contribution >= 0.6 is 0 Å². The SMILES string of the molecule is CO[C@@H]1CCCC[C@@]1(C)OC. The monoisotopic (exact) mass is 158 g/mol. The molecule has 0 bridgehead atoms. The molecule has 1 fully saturated rings. The van der Waals surface area contributed by atoms with Gasteiger partial charge in [-0.3, -0.25) is 0 Å². The molecule has 2 heteroatoms. The molecule has 0 unspecified atom stereocenters. The van der Waals surface area contributed by atoms with Crippen LogP contribution in [0.15, 0.2) is 0 Å². The molecule has 0 radical (unpaired) electrons. The van der Waals surface area contributed by atoms with E-state index in [4.69, 9.17) is 9.47 Å². The number of rotatable bonds is 2. The van der Waals surface area contributed by atoms with Crippen LogP contribution in [-0.2, 0) is 9.47 Å². The lowest BCUT2D eigenvalue weighted by Gasteiger charge is -2.39. The van der Waals surface area contributed by atoms with Crippen LogP contribution in [0.4, 0.5) is 0 Å². The molecule has 1 saturated carbocycles. The van der Waals surface area contributed by atoms with Gasteiger partial charge >= 0.3 is 0 Å². The van der Waals surface area contributed by atoms with Crippen molar-refractivity contribution in [2.24, 2.45) is 0 Å². The average Bonchev–Trinajstić information content (AvgIpc) is 2.05. The fourth-order valence-electron chi connectivity index (χ4n) is 1.87. The molecule has 0 aromatic carbocycles. The second kappa shape index (κ2) is 3.55. The van der Waals surface area contributed by atoms with Crippen molar-refractivity contribution in [2.45, 2.75) is 44.3 Å². The summed E-state index contributed by atoms with van der Waals surface area (Å²) in [6, 6.07) is 0. The van der Waals surface area contributed by atoms with Gasteiger partial charge in [-0.25, -0.2) is 0 Å². The number of methoxy groups -OCH3 is 2. The minimum atomic E-state index is -0.0347. The summed E-state index contributed by atoms with van der Waals surface area (Å²) in [6.07, 6.45) is 5.10. The molecule has 0 aromatic rings. The standard InChI is InChI=1S/C9H18O2/c1-9(11-3)7-5-4-6-8(9)10-2/h8H,4-7H2,1-3H3/t8-,9-/m1/s1. The zero-order chi connectivity index (χ0) is 8.32. The molecule has 1 aliphatic carbocycles. The first-order chi connectivity index (χ1) is 5.23. The molecule has 0 saturated heterocycles. The minimum absolute atomic E-state index is 0.0347. The Morgan fingerprint density at radius 3 is 2.45 bits per heavy atom. The van der Waals surface area contributed by atoms with E-state index in [1.54, 1.807) is 14.2 Å². The molecular weight excluding hydrogens is 140 g/mol. The summed E-state index contributed by atoms with van der Waals surface area (Å²) in [5.41, 5.74) is -0.0347. The van der Waals surface area contributed by atoms with Gasteiger partial charge in [-0.1, -0.05) is 12.8 Å². The van der Waals surface area contributed by atoms with Gasteiger partial charge in [0.25, 0.3) is 0 Å². The highest BCUT2D eigenvalue weighted by Crippen LogP contribution is 2.32. The van der Waals surface area contributed by atoms with Crippen molar-refractivity contribution in [3.8, 4) is 0 Å². The second-order valence-corrected chi connectivity index (χ2v) is 3.49. The Bertz CT molecular complexity index is 125. The molecule has 0 heterocycles. The van der Waals surface area contributed by atoms with Crippen LogP contribution in [0.5, 0.6) is 0 Å². The normalized spacial score (nSPS) is 39.0. The third kappa shape index (κ3) is 1.74. The van der Waals surface area contributed by atoms with Crippen LogP contribution in [0.25, 0.3) is 0 Å². The fourth-order valence-corrected chi connectivity index (χ4v) is 1.87. The van der Waals surface area contributed by atoms with E-state index >= 15 is 0 Å². The van der Waals surface area contributed by atoms with Gasteiger partial charge in [-0.15, -0.1) is 0 Å². The van der Waals surface area contributed by atoms with Gasteiger partial charge in [0.05, 0.1) is 11.7 Å². The molecule has 1 aliphatic rings. The summed E-state index contributed by atoms with van der Waals surface area (Å²) in [7, 11) is 3.55. The molecular formula is C9H18O2. The van der Waals surface area contributed by atoms with E-state index in [-0.39, 0.29) is 5.60 Å². The molecule has 1 rings (SSSR count). The maximum atomic E-state index is 5.46. The fraction of sp³-hybridized carbons (Fsp3) is 1.00. The minimum Gasteiger partial charge on any atom is -0.378 e. The van der Waals surface area contributed by atoms with E-state index in [1.165, 1.54) is 12.8 Å². The number of hydrogen-bond acceptors (Lipinski definition) is 2. The summed E-state index contributed by atoms with van der Waals surface area (Å²) in [5, 5.41) is 0. The highest BCUT2D eigenvalue weighted by molar-refractivity contribution is 4.88. The number of hydrogen-bond donors (Lipinski definition) is 0. The van der Waals surface area contributed by atoms with E-state index in [1.807, 2.05) is 0 Å². The van der Waals surface area contributed by atoms with Crippen LogP contribution in [0, 0.1) is 0 Å². The zero-order valence-electron chi connectivity index (χ0n) is 7.72. The summed E-state index contributed by atoms with van der Waals surface area (Å²) in [5.74, 6) is 0. The van der Waals surface area contributed by atoms with Crippen LogP contribution in [0.1, 0.15) is 32.6 Å². The maximum absolute atomic E-state index is 5.46. The van der Waals surface area contributed by atoms with Crippen LogP contribution in [0.2, 0.25) is 0 Å². The largest absolute Gasteiger partial charge is 0.378 e. The molecule has 0 amide bonds. The summed E-state index contributed by atoms with van der Waals surface area (Å²) >= 11 is 0. The predicted octanol–water partition coefficient (Wildman–Crippen LogP) is 1.98. The third-order valence-electron chi connectivity index (χ3n) is 2.82. The summed E-state index contributed by atoms with van der Waals surface area (Å²) < 4.78 is 10.8. The van der Waals surface area contributed by atoms with Crippen molar-refractivity contribution < 1.29 is 9.47 Å². The summed E-state index contributed by atoms with van der Waals surface area (Å²) in [4.78, 5) is 0. The van der Waals surface area contributed by atoms with Crippen LogP contribution < -0.4 is 0 Å². The molecule has 0 spiro atoms. The van der Waals surface area contributed by atoms with E-state index in [2.05, 4.69) is 6.92 Å². The Labute approximate surface area is 68.9 Å². The van der Waals surface area contributed by atoms with E-state index in [9.17, 15) is 0 Å². The first-order valence-corrected chi connectivity index (χ1v) is 4.31. The quantitative estimate of drug-likeness (QED) is 0.611. The highest BCUT2D eigenvalue weighted by Gasteiger charge is 2.36. The predicted molar refractivity (Wildman–Crippen MR) is 44.7 cm³/mol. The van der Waals surface area contributed by atoms with Crippen molar-refractivity contribution in [2.75, 3.05) is 14.2 Å². The molecule has 2 atom stereocenters. The molecule has 11 heavy (non-hydrogen) atoms. The average molecular weight is 158 g/mol. The van der Waals surface area contributed by atoms with E-state index in [0.717, 1.165) is 12.8 Å². The molecule has 66 valence electrons. The maximum Gasteiger partial charge on any atom is 0.0911 e. The van der Waals surface area contributed by atoms with Crippen molar-refractivity contribution in [1.29, 1.82) is 0 Å². The van der Waals surface area contributed by atoms with Gasteiger partial charge in [0.1, 0.15) is 0 Å².